The van der Waals surface area contributed by atoms with E-state index in [0.717, 1.165) is 18.2 Å². The molecule has 106 valence electrons. The van der Waals surface area contributed by atoms with Crippen LogP contribution in [0.5, 0.6) is 17.4 Å². The maximum atomic E-state index is 13.7. The molecule has 0 amide bonds. The zero-order chi connectivity index (χ0) is 14.5. The summed E-state index contributed by atoms with van der Waals surface area (Å²) in [6.07, 6.45) is 1.93. The van der Waals surface area contributed by atoms with Crippen molar-refractivity contribution in [2.24, 2.45) is 0 Å². The van der Waals surface area contributed by atoms with Crippen LogP contribution in [0.1, 0.15) is 12.5 Å². The highest BCUT2D eigenvalue weighted by Crippen LogP contribution is 2.32. The average molecular weight is 277 g/mol. The van der Waals surface area contributed by atoms with Gasteiger partial charge in [-0.1, -0.05) is 13.0 Å². The van der Waals surface area contributed by atoms with Crippen LogP contribution in [-0.2, 0) is 6.42 Å². The van der Waals surface area contributed by atoms with Crippen molar-refractivity contribution in [3.05, 3.63) is 35.8 Å². The minimum absolute atomic E-state index is 0.146. The zero-order valence-corrected chi connectivity index (χ0v) is 11.6. The minimum atomic E-state index is -0.634. The van der Waals surface area contributed by atoms with Crippen LogP contribution in [0.4, 0.5) is 10.3 Å². The third-order valence-electron chi connectivity index (χ3n) is 2.78. The summed E-state index contributed by atoms with van der Waals surface area (Å²) in [7, 11) is 3.19. The summed E-state index contributed by atoms with van der Waals surface area (Å²) in [5.41, 5.74) is 1.10. The Morgan fingerprint density at radius 3 is 2.75 bits per heavy atom. The SMILES string of the molecule is CCc1ccc(Oc2nc(NC)ncc2F)c(OC)c1. The summed E-state index contributed by atoms with van der Waals surface area (Å²) < 4.78 is 24.4. The van der Waals surface area contributed by atoms with Gasteiger partial charge < -0.3 is 14.8 Å². The summed E-state index contributed by atoms with van der Waals surface area (Å²) in [5, 5.41) is 2.73. The molecule has 0 fully saturated rings. The predicted octanol–water partition coefficient (Wildman–Crippen LogP) is 3.02. The number of hydrogen-bond acceptors (Lipinski definition) is 5. The maximum absolute atomic E-state index is 13.7. The Kier molecular flexibility index (Phi) is 4.34. The largest absolute Gasteiger partial charge is 0.493 e. The number of anilines is 1. The van der Waals surface area contributed by atoms with Gasteiger partial charge in [0.25, 0.3) is 5.88 Å². The number of halogens is 1. The molecule has 0 spiro atoms. The number of ether oxygens (including phenoxy) is 2. The van der Waals surface area contributed by atoms with Crippen LogP contribution in [0.15, 0.2) is 24.4 Å². The molecule has 1 heterocycles. The molecule has 0 atom stereocenters. The molecule has 6 heteroatoms. The number of aryl methyl sites for hydroxylation is 1. The highest BCUT2D eigenvalue weighted by Gasteiger charge is 2.12. The number of rotatable bonds is 5. The van der Waals surface area contributed by atoms with Crippen molar-refractivity contribution >= 4 is 5.95 Å². The van der Waals surface area contributed by atoms with E-state index in [1.54, 1.807) is 13.1 Å². The Labute approximate surface area is 116 Å². The van der Waals surface area contributed by atoms with Crippen molar-refractivity contribution in [1.29, 1.82) is 0 Å². The minimum Gasteiger partial charge on any atom is -0.493 e. The second kappa shape index (κ2) is 6.18. The lowest BCUT2D eigenvalue weighted by molar-refractivity contribution is 0.363. The molecule has 1 N–H and O–H groups in total. The molecule has 1 aromatic heterocycles. The lowest BCUT2D eigenvalue weighted by atomic mass is 10.1. The van der Waals surface area contributed by atoms with Crippen LogP contribution < -0.4 is 14.8 Å². The fraction of sp³-hybridized carbons (Fsp3) is 0.286. The Hall–Kier alpha value is -2.37. The lowest BCUT2D eigenvalue weighted by Crippen LogP contribution is -2.01. The lowest BCUT2D eigenvalue weighted by Gasteiger charge is -2.11. The van der Waals surface area contributed by atoms with E-state index in [2.05, 4.69) is 15.3 Å². The Morgan fingerprint density at radius 1 is 1.30 bits per heavy atom. The van der Waals surface area contributed by atoms with Gasteiger partial charge in [0.1, 0.15) is 0 Å². The third kappa shape index (κ3) is 2.96. The van der Waals surface area contributed by atoms with Crippen molar-refractivity contribution in [3.63, 3.8) is 0 Å². The van der Waals surface area contributed by atoms with Gasteiger partial charge >= 0.3 is 0 Å². The van der Waals surface area contributed by atoms with Gasteiger partial charge in [0.15, 0.2) is 11.5 Å². The smallest absolute Gasteiger partial charge is 0.261 e. The van der Waals surface area contributed by atoms with Gasteiger partial charge in [-0.05, 0) is 24.1 Å². The molecular weight excluding hydrogens is 261 g/mol. The summed E-state index contributed by atoms with van der Waals surface area (Å²) >= 11 is 0. The zero-order valence-electron chi connectivity index (χ0n) is 11.6. The average Bonchev–Trinajstić information content (AvgIpc) is 2.49. The van der Waals surface area contributed by atoms with Gasteiger partial charge in [-0.2, -0.15) is 9.37 Å². The molecule has 0 saturated carbocycles. The Morgan fingerprint density at radius 2 is 2.10 bits per heavy atom. The highest BCUT2D eigenvalue weighted by molar-refractivity contribution is 5.45. The van der Waals surface area contributed by atoms with Crippen LogP contribution in [0.3, 0.4) is 0 Å². The Balaban J connectivity index is 2.34. The topological polar surface area (TPSA) is 56.3 Å². The second-order valence-corrected chi connectivity index (χ2v) is 4.04. The van der Waals surface area contributed by atoms with E-state index in [1.165, 1.54) is 7.11 Å². The quantitative estimate of drug-likeness (QED) is 0.910. The molecule has 1 aromatic carbocycles. The van der Waals surface area contributed by atoms with Gasteiger partial charge in [-0.15, -0.1) is 0 Å². The van der Waals surface area contributed by atoms with Crippen molar-refractivity contribution in [2.75, 3.05) is 19.5 Å². The van der Waals surface area contributed by atoms with E-state index in [9.17, 15) is 4.39 Å². The van der Waals surface area contributed by atoms with Gasteiger partial charge in [-0.25, -0.2) is 4.98 Å². The van der Waals surface area contributed by atoms with Crippen molar-refractivity contribution in [1.82, 2.24) is 9.97 Å². The van der Waals surface area contributed by atoms with Crippen LogP contribution >= 0.6 is 0 Å². The molecule has 0 unspecified atom stereocenters. The highest BCUT2D eigenvalue weighted by atomic mass is 19.1. The summed E-state index contributed by atoms with van der Waals surface area (Å²) in [5.74, 6) is 0.445. The van der Waals surface area contributed by atoms with E-state index in [4.69, 9.17) is 9.47 Å². The molecule has 0 aliphatic rings. The van der Waals surface area contributed by atoms with Crippen LogP contribution in [0.25, 0.3) is 0 Å². The van der Waals surface area contributed by atoms with E-state index in [1.807, 2.05) is 19.1 Å². The molecule has 20 heavy (non-hydrogen) atoms. The first-order valence-electron chi connectivity index (χ1n) is 6.23. The van der Waals surface area contributed by atoms with Crippen LogP contribution in [0.2, 0.25) is 0 Å². The molecule has 0 saturated heterocycles. The summed E-state index contributed by atoms with van der Waals surface area (Å²) in [6.45, 7) is 2.04. The first-order chi connectivity index (χ1) is 9.67. The molecule has 2 aromatic rings. The summed E-state index contributed by atoms with van der Waals surface area (Å²) in [4.78, 5) is 7.69. The molecule has 0 bridgehead atoms. The van der Waals surface area contributed by atoms with Gasteiger partial charge in [0.05, 0.1) is 13.3 Å². The molecule has 0 radical (unpaired) electrons. The first-order valence-corrected chi connectivity index (χ1v) is 6.23. The van der Waals surface area contributed by atoms with E-state index in [-0.39, 0.29) is 11.8 Å². The second-order valence-electron chi connectivity index (χ2n) is 4.04. The number of nitrogens with one attached hydrogen (secondary N) is 1. The van der Waals surface area contributed by atoms with Crippen LogP contribution in [0, 0.1) is 5.82 Å². The molecule has 0 aliphatic carbocycles. The number of methoxy groups -OCH3 is 1. The number of benzene rings is 1. The standard InChI is InChI=1S/C14H16FN3O2/c1-4-9-5-6-11(12(7-9)19-3)20-13-10(15)8-17-14(16-2)18-13/h5-8H,4H2,1-3H3,(H,16,17,18). The van der Waals surface area contributed by atoms with E-state index in [0.29, 0.717) is 11.5 Å². The van der Waals surface area contributed by atoms with Gasteiger partial charge in [-0.3, -0.25) is 0 Å². The van der Waals surface area contributed by atoms with E-state index >= 15 is 0 Å². The maximum Gasteiger partial charge on any atom is 0.261 e. The van der Waals surface area contributed by atoms with E-state index < -0.39 is 5.82 Å². The Bertz CT molecular complexity index is 605. The van der Waals surface area contributed by atoms with Gasteiger partial charge in [0, 0.05) is 7.05 Å². The normalized spacial score (nSPS) is 10.2. The van der Waals surface area contributed by atoms with Gasteiger partial charge in [0.2, 0.25) is 11.8 Å². The molecule has 2 rings (SSSR count). The van der Waals surface area contributed by atoms with Crippen molar-refractivity contribution in [2.45, 2.75) is 13.3 Å². The van der Waals surface area contributed by atoms with Crippen LogP contribution in [-0.4, -0.2) is 24.1 Å². The monoisotopic (exact) mass is 277 g/mol. The molecule has 0 aliphatic heterocycles. The summed E-state index contributed by atoms with van der Waals surface area (Å²) in [6, 6.07) is 5.49. The fourth-order valence-corrected chi connectivity index (χ4v) is 1.66. The number of hydrogen-bond donors (Lipinski definition) is 1. The fourth-order valence-electron chi connectivity index (χ4n) is 1.66. The number of nitrogens with zero attached hydrogens (tertiary/aromatic N) is 2. The molecular formula is C14H16FN3O2. The van der Waals surface area contributed by atoms with Crippen molar-refractivity contribution in [3.8, 4) is 17.4 Å². The predicted molar refractivity (Wildman–Crippen MR) is 74.0 cm³/mol. The molecule has 5 nitrogen and oxygen atoms in total. The third-order valence-corrected chi connectivity index (χ3v) is 2.78. The first kappa shape index (κ1) is 14.0. The number of aromatic nitrogens is 2. The van der Waals surface area contributed by atoms with Crippen molar-refractivity contribution < 1.29 is 13.9 Å².